The molecule has 0 radical (unpaired) electrons. The molecule has 22 heavy (non-hydrogen) atoms. The van der Waals surface area contributed by atoms with Crippen LogP contribution in [0.5, 0.6) is 11.5 Å². The first kappa shape index (κ1) is 7.82. The Morgan fingerprint density at radius 2 is 2.50 bits per heavy atom. The van der Waals surface area contributed by atoms with Crippen LogP contribution in [-0.2, 0) is 16.6 Å². The number of rotatable bonds is 1. The van der Waals surface area contributed by atoms with Crippen LogP contribution in [0.1, 0.15) is 40.0 Å². The summed E-state index contributed by atoms with van der Waals surface area (Å²) in [6, 6.07) is 1.05. The van der Waals surface area contributed by atoms with Crippen LogP contribution in [-0.4, -0.2) is 43.4 Å². The zero-order chi connectivity index (χ0) is 21.2. The zero-order valence-corrected chi connectivity index (χ0v) is 12.2. The third-order valence-corrected chi connectivity index (χ3v) is 5.64. The molecule has 0 amide bonds. The summed E-state index contributed by atoms with van der Waals surface area (Å²) in [7, 11) is -1.06. The maximum absolute atomic E-state index is 13.0. The molecule has 1 saturated heterocycles. The molecule has 4 aliphatic rings. The number of Topliss-reactive ketones (excluding diaryl/α,β-unsaturated/α-hetero) is 1. The summed E-state index contributed by atoms with van der Waals surface area (Å²) in [5.74, 6) is -1.25. The number of benzene rings is 1. The molecule has 2 aliphatic heterocycles. The van der Waals surface area contributed by atoms with Crippen molar-refractivity contribution in [1.29, 1.82) is 0 Å². The van der Waals surface area contributed by atoms with Gasteiger partial charge < -0.3 is 14.4 Å². The van der Waals surface area contributed by atoms with E-state index in [-0.39, 0.29) is 29.9 Å². The minimum absolute atomic E-state index is 0.0131. The average Bonchev–Trinajstić information content (AvgIpc) is 2.88. The van der Waals surface area contributed by atoms with Crippen molar-refractivity contribution in [1.82, 2.24) is 4.90 Å². The Labute approximate surface area is 140 Å². The summed E-state index contributed by atoms with van der Waals surface area (Å²) in [6.07, 6.45) is -3.50. The van der Waals surface area contributed by atoms with Gasteiger partial charge in [0.1, 0.15) is 0 Å². The third-order valence-electron chi connectivity index (χ3n) is 5.64. The van der Waals surface area contributed by atoms with E-state index in [0.717, 1.165) is 0 Å². The maximum Gasteiger partial charge on any atom is 0.174 e. The Bertz CT molecular complexity index is 950. The van der Waals surface area contributed by atoms with Crippen molar-refractivity contribution in [2.24, 2.45) is 5.92 Å². The van der Waals surface area contributed by atoms with E-state index in [1.54, 1.807) is 11.9 Å². The topological polar surface area (TPSA) is 38.8 Å². The number of likely N-dealkylation sites (tertiary alicyclic amines) is 1. The van der Waals surface area contributed by atoms with Crippen molar-refractivity contribution in [3.63, 3.8) is 0 Å². The molecule has 1 saturated carbocycles. The quantitative estimate of drug-likeness (QED) is 0.795. The van der Waals surface area contributed by atoms with Gasteiger partial charge in [0.25, 0.3) is 0 Å². The minimum atomic E-state index is -2.77. The normalized spacial score (nSPS) is 52.7. The standard InChI is InChI=1S/C18H21NO3/c1-19-8-7-18-11-4-5-13(20)17(18)22-16-14(21-2)6-3-10(15(16)18)9-12(11)19/h3,6,11-12,17H,4-5,7-9H2,1-2H3/t11-,12+,17?,18-/m0/s1/i2D3,9D2,12D,17D. The van der Waals surface area contributed by atoms with E-state index >= 15 is 0 Å². The van der Waals surface area contributed by atoms with Gasteiger partial charge in [0, 0.05) is 27.5 Å². The van der Waals surface area contributed by atoms with Gasteiger partial charge in [-0.2, -0.15) is 0 Å². The lowest BCUT2D eigenvalue weighted by molar-refractivity contribution is -0.138. The molecule has 4 heteroatoms. The molecule has 5 rings (SSSR count). The van der Waals surface area contributed by atoms with Crippen molar-refractivity contribution < 1.29 is 23.9 Å². The molecule has 2 fully saturated rings. The van der Waals surface area contributed by atoms with Gasteiger partial charge in [-0.25, -0.2) is 0 Å². The predicted molar refractivity (Wildman–Crippen MR) is 81.6 cm³/mol. The summed E-state index contributed by atoms with van der Waals surface area (Å²) in [5.41, 5.74) is -0.693. The van der Waals surface area contributed by atoms with Crippen molar-refractivity contribution in [2.75, 3.05) is 20.6 Å². The second-order valence-electron chi connectivity index (χ2n) is 6.52. The van der Waals surface area contributed by atoms with E-state index in [9.17, 15) is 6.17 Å². The number of piperidine rings is 1. The lowest BCUT2D eigenvalue weighted by Gasteiger charge is -2.57. The van der Waals surface area contributed by atoms with Crippen LogP contribution in [0.15, 0.2) is 12.1 Å². The molecular weight excluding hydrogens is 278 g/mol. The molecule has 2 heterocycles. The fourth-order valence-electron chi connectivity index (χ4n) is 4.71. The smallest absolute Gasteiger partial charge is 0.174 e. The van der Waals surface area contributed by atoms with Gasteiger partial charge in [-0.15, -0.1) is 0 Å². The zero-order valence-electron chi connectivity index (χ0n) is 19.2. The molecule has 1 spiro atoms. The molecule has 0 N–H and O–H groups in total. The number of hydrogen-bond acceptors (Lipinski definition) is 4. The van der Waals surface area contributed by atoms with E-state index in [4.69, 9.17) is 17.7 Å². The van der Waals surface area contributed by atoms with Gasteiger partial charge in [0.05, 0.1) is 12.5 Å². The Hall–Kier alpha value is -1.55. The lowest BCUT2D eigenvalue weighted by atomic mass is 9.52. The molecule has 4 nitrogen and oxygen atoms in total. The summed E-state index contributed by atoms with van der Waals surface area (Å²) < 4.78 is 69.4. The van der Waals surface area contributed by atoms with Crippen molar-refractivity contribution >= 4 is 5.78 Å². The van der Waals surface area contributed by atoms with Crippen LogP contribution in [0.25, 0.3) is 0 Å². The van der Waals surface area contributed by atoms with Crippen LogP contribution in [0.3, 0.4) is 0 Å². The van der Waals surface area contributed by atoms with Gasteiger partial charge >= 0.3 is 0 Å². The molecule has 0 aromatic heterocycles. The molecule has 2 aliphatic carbocycles. The number of carbonyl (C=O) groups excluding carboxylic acids is 1. The van der Waals surface area contributed by atoms with Crippen LogP contribution >= 0.6 is 0 Å². The van der Waals surface area contributed by atoms with Crippen LogP contribution in [0, 0.1) is 5.92 Å². The monoisotopic (exact) mass is 306 g/mol. The molecule has 1 aromatic rings. The van der Waals surface area contributed by atoms with Gasteiger partial charge in [-0.05, 0) is 50.4 Å². The molecule has 116 valence electrons. The first-order valence-corrected chi connectivity index (χ1v) is 7.61. The van der Waals surface area contributed by atoms with Gasteiger partial charge in [-0.1, -0.05) is 6.07 Å². The second-order valence-corrected chi connectivity index (χ2v) is 6.52. The third kappa shape index (κ3) is 1.27. The highest BCUT2D eigenvalue weighted by Gasteiger charge is 2.65. The van der Waals surface area contributed by atoms with Gasteiger partial charge in [0.15, 0.2) is 23.4 Å². The number of hydrogen-bond donors (Lipinski definition) is 0. The number of ketones is 1. The first-order valence-electron chi connectivity index (χ1n) is 11.1. The lowest BCUT2D eigenvalue weighted by Crippen LogP contribution is -2.65. The largest absolute Gasteiger partial charge is 0.493 e. The summed E-state index contributed by atoms with van der Waals surface area (Å²) in [5, 5.41) is 0. The Balaban J connectivity index is 1.88. The summed E-state index contributed by atoms with van der Waals surface area (Å²) in [4.78, 5) is 14.6. The fraction of sp³-hybridized carbons (Fsp3) is 0.611. The van der Waals surface area contributed by atoms with Crippen molar-refractivity contribution in [3.05, 3.63) is 23.3 Å². The molecule has 1 unspecified atom stereocenters. The maximum atomic E-state index is 13.0. The Morgan fingerprint density at radius 1 is 1.59 bits per heavy atom. The highest BCUT2D eigenvalue weighted by atomic mass is 16.5. The van der Waals surface area contributed by atoms with Crippen molar-refractivity contribution in [3.8, 4) is 11.5 Å². The van der Waals surface area contributed by atoms with E-state index in [1.165, 1.54) is 12.1 Å². The average molecular weight is 306 g/mol. The molecular formula is C18H21NO3. The van der Waals surface area contributed by atoms with Crippen LogP contribution < -0.4 is 9.47 Å². The molecule has 2 bridgehead atoms. The number of nitrogens with zero attached hydrogens (tertiary/aromatic N) is 1. The number of carbonyl (C=O) groups is 1. The van der Waals surface area contributed by atoms with Gasteiger partial charge in [-0.3, -0.25) is 4.79 Å². The molecule has 1 aromatic carbocycles. The van der Waals surface area contributed by atoms with Gasteiger partial charge in [0.2, 0.25) is 0 Å². The number of ether oxygens (including phenoxy) is 2. The minimum Gasteiger partial charge on any atom is -0.493 e. The van der Waals surface area contributed by atoms with E-state index in [0.29, 0.717) is 18.5 Å². The highest BCUT2D eigenvalue weighted by molar-refractivity contribution is 5.89. The second kappa shape index (κ2) is 4.05. The summed E-state index contributed by atoms with van der Waals surface area (Å²) in [6.45, 7) is 0.319. The number of likely N-dealkylation sites (N-methyl/N-ethyl adjacent to an activating group) is 1. The van der Waals surface area contributed by atoms with E-state index in [2.05, 4.69) is 0 Å². The van der Waals surface area contributed by atoms with Crippen LogP contribution in [0.4, 0.5) is 0 Å². The first-order chi connectivity index (χ1) is 13.3. The van der Waals surface area contributed by atoms with Crippen LogP contribution in [0.2, 0.25) is 0 Å². The van der Waals surface area contributed by atoms with E-state index in [1.807, 2.05) is 0 Å². The highest BCUT2D eigenvalue weighted by Crippen LogP contribution is 2.62. The summed E-state index contributed by atoms with van der Waals surface area (Å²) >= 11 is 0. The Morgan fingerprint density at radius 3 is 3.36 bits per heavy atom. The predicted octanol–water partition coefficient (Wildman–Crippen LogP) is 1.93. The SMILES string of the molecule is [2H]C([2H])([2H])Oc1ccc2c3c1OC1([2H])C(=O)CC[C@@H]4[C@@]31CCN(C)[C@]4([2H])C2([2H])[2H]. The van der Waals surface area contributed by atoms with E-state index < -0.39 is 42.6 Å². The fourth-order valence-corrected chi connectivity index (χ4v) is 4.71. The van der Waals surface area contributed by atoms with Crippen molar-refractivity contribution in [2.45, 2.75) is 43.1 Å². The molecule has 4 atom stereocenters. The Kier molecular flexibility index (Phi) is 1.44. The number of methoxy groups -OCH3 is 1.